The molecule has 0 aromatic heterocycles. The van der Waals surface area contributed by atoms with E-state index in [1.807, 2.05) is 24.3 Å². The lowest BCUT2D eigenvalue weighted by Crippen LogP contribution is -2.10. The molecular weight excluding hydrogens is 190 g/mol. The van der Waals surface area contributed by atoms with Crippen LogP contribution in [0, 0.1) is 10.1 Å². The summed E-state index contributed by atoms with van der Waals surface area (Å²) in [5, 5.41) is 10.2. The summed E-state index contributed by atoms with van der Waals surface area (Å²) in [5.74, 6) is 0. The van der Waals surface area contributed by atoms with Gasteiger partial charge in [-0.2, -0.15) is 0 Å². The lowest BCUT2D eigenvalue weighted by atomic mass is 9.86. The topological polar surface area (TPSA) is 43.1 Å². The van der Waals surface area contributed by atoms with E-state index in [9.17, 15) is 10.1 Å². The molecule has 0 aliphatic carbocycles. The fourth-order valence-electron chi connectivity index (χ4n) is 1.26. The number of nitro groups is 1. The van der Waals surface area contributed by atoms with Crippen LogP contribution in [-0.2, 0) is 5.41 Å². The monoisotopic (exact) mass is 205 g/mol. The molecule has 0 aliphatic heterocycles. The Labute approximate surface area is 89.6 Å². The fraction of sp³-hybridized carbons (Fsp3) is 0.333. The van der Waals surface area contributed by atoms with E-state index >= 15 is 0 Å². The SMILES string of the molecule is CC(C)(C)c1cccc(C=C[N+](=O)[O-])c1. The molecule has 80 valence electrons. The lowest BCUT2D eigenvalue weighted by Gasteiger charge is -2.19. The molecule has 1 aromatic rings. The minimum absolute atomic E-state index is 0.0679. The summed E-state index contributed by atoms with van der Waals surface area (Å²) in [6.45, 7) is 6.34. The summed E-state index contributed by atoms with van der Waals surface area (Å²) >= 11 is 0. The fourth-order valence-corrected chi connectivity index (χ4v) is 1.26. The van der Waals surface area contributed by atoms with Crippen LogP contribution in [-0.4, -0.2) is 4.92 Å². The molecule has 3 heteroatoms. The van der Waals surface area contributed by atoms with Gasteiger partial charge in [0, 0.05) is 6.08 Å². The molecule has 0 unspecified atom stereocenters. The van der Waals surface area contributed by atoms with Crippen LogP contribution >= 0.6 is 0 Å². The van der Waals surface area contributed by atoms with Gasteiger partial charge in [-0.25, -0.2) is 0 Å². The van der Waals surface area contributed by atoms with Gasteiger partial charge in [0.25, 0.3) is 0 Å². The maximum atomic E-state index is 10.2. The predicted molar refractivity (Wildman–Crippen MR) is 61.2 cm³/mol. The summed E-state index contributed by atoms with van der Waals surface area (Å²) in [7, 11) is 0. The Morgan fingerprint density at radius 2 is 2.00 bits per heavy atom. The van der Waals surface area contributed by atoms with Gasteiger partial charge in [-0.1, -0.05) is 45.0 Å². The molecule has 0 bridgehead atoms. The third kappa shape index (κ3) is 3.54. The number of benzene rings is 1. The molecule has 0 spiro atoms. The molecular formula is C12H15NO2. The third-order valence-corrected chi connectivity index (χ3v) is 2.14. The highest BCUT2D eigenvalue weighted by Crippen LogP contribution is 2.23. The third-order valence-electron chi connectivity index (χ3n) is 2.14. The molecule has 0 fully saturated rings. The molecule has 1 rings (SSSR count). The minimum atomic E-state index is -0.455. The van der Waals surface area contributed by atoms with Crippen molar-refractivity contribution >= 4 is 6.08 Å². The van der Waals surface area contributed by atoms with Crippen LogP contribution in [0.2, 0.25) is 0 Å². The maximum Gasteiger partial charge on any atom is 0.235 e. The second-order valence-corrected chi connectivity index (χ2v) is 4.48. The molecule has 3 nitrogen and oxygen atoms in total. The molecule has 0 radical (unpaired) electrons. The van der Waals surface area contributed by atoms with Gasteiger partial charge in [-0.3, -0.25) is 10.1 Å². The Morgan fingerprint density at radius 3 is 2.53 bits per heavy atom. The second kappa shape index (κ2) is 4.26. The van der Waals surface area contributed by atoms with Crippen molar-refractivity contribution in [1.29, 1.82) is 0 Å². The van der Waals surface area contributed by atoms with Crippen molar-refractivity contribution in [2.45, 2.75) is 26.2 Å². The van der Waals surface area contributed by atoms with Crippen LogP contribution in [0.1, 0.15) is 31.9 Å². The first kappa shape index (κ1) is 11.4. The van der Waals surface area contributed by atoms with Crippen LogP contribution < -0.4 is 0 Å². The van der Waals surface area contributed by atoms with Crippen LogP contribution in [0.25, 0.3) is 6.08 Å². The van der Waals surface area contributed by atoms with Crippen molar-refractivity contribution in [3.05, 3.63) is 51.7 Å². The normalized spacial score (nSPS) is 11.9. The van der Waals surface area contributed by atoms with Crippen LogP contribution in [0.15, 0.2) is 30.5 Å². The summed E-state index contributed by atoms with van der Waals surface area (Å²) in [5.41, 5.74) is 2.10. The summed E-state index contributed by atoms with van der Waals surface area (Å²) < 4.78 is 0. The number of hydrogen-bond donors (Lipinski definition) is 0. The predicted octanol–water partition coefficient (Wildman–Crippen LogP) is 3.23. The molecule has 0 atom stereocenters. The van der Waals surface area contributed by atoms with Crippen LogP contribution in [0.3, 0.4) is 0 Å². The maximum absolute atomic E-state index is 10.2. The number of nitrogens with zero attached hydrogens (tertiary/aromatic N) is 1. The van der Waals surface area contributed by atoms with Crippen LogP contribution in [0.5, 0.6) is 0 Å². The van der Waals surface area contributed by atoms with Crippen molar-refractivity contribution in [2.24, 2.45) is 0 Å². The van der Waals surface area contributed by atoms with E-state index in [0.29, 0.717) is 0 Å². The Kier molecular flexibility index (Phi) is 3.24. The summed E-state index contributed by atoms with van der Waals surface area (Å²) in [6, 6.07) is 7.78. The first-order valence-electron chi connectivity index (χ1n) is 4.82. The largest absolute Gasteiger partial charge is 0.259 e. The molecule has 0 heterocycles. The van der Waals surface area contributed by atoms with E-state index in [1.165, 1.54) is 11.6 Å². The second-order valence-electron chi connectivity index (χ2n) is 4.48. The number of hydrogen-bond acceptors (Lipinski definition) is 2. The molecule has 0 N–H and O–H groups in total. The van der Waals surface area contributed by atoms with Gasteiger partial charge in [0.2, 0.25) is 6.20 Å². The first-order chi connectivity index (χ1) is 6.89. The molecule has 0 saturated heterocycles. The van der Waals surface area contributed by atoms with Crippen molar-refractivity contribution in [3.63, 3.8) is 0 Å². The van der Waals surface area contributed by atoms with Gasteiger partial charge >= 0.3 is 0 Å². The highest BCUT2D eigenvalue weighted by molar-refractivity contribution is 5.50. The minimum Gasteiger partial charge on any atom is -0.259 e. The van der Waals surface area contributed by atoms with E-state index < -0.39 is 4.92 Å². The zero-order valence-corrected chi connectivity index (χ0v) is 9.23. The zero-order valence-electron chi connectivity index (χ0n) is 9.23. The smallest absolute Gasteiger partial charge is 0.235 e. The van der Waals surface area contributed by atoms with Crippen molar-refractivity contribution in [3.8, 4) is 0 Å². The van der Waals surface area contributed by atoms with Gasteiger partial charge in [0.1, 0.15) is 0 Å². The molecule has 15 heavy (non-hydrogen) atoms. The van der Waals surface area contributed by atoms with E-state index in [0.717, 1.165) is 11.8 Å². The number of rotatable bonds is 2. The first-order valence-corrected chi connectivity index (χ1v) is 4.82. The Hall–Kier alpha value is -1.64. The molecule has 1 aromatic carbocycles. The van der Waals surface area contributed by atoms with Gasteiger partial charge in [0.15, 0.2) is 0 Å². The Balaban J connectivity index is 2.98. The van der Waals surface area contributed by atoms with Crippen molar-refractivity contribution in [2.75, 3.05) is 0 Å². The van der Waals surface area contributed by atoms with Crippen molar-refractivity contribution < 1.29 is 4.92 Å². The zero-order chi connectivity index (χ0) is 11.5. The van der Waals surface area contributed by atoms with Crippen molar-refractivity contribution in [1.82, 2.24) is 0 Å². The average molecular weight is 205 g/mol. The standard InChI is InChI=1S/C12H15NO2/c1-12(2,3)11-6-4-5-10(9-11)7-8-13(14)15/h4-9H,1-3H3. The Bertz CT molecular complexity index is 389. The van der Waals surface area contributed by atoms with E-state index in [-0.39, 0.29) is 5.41 Å². The van der Waals surface area contributed by atoms with Gasteiger partial charge < -0.3 is 0 Å². The van der Waals surface area contributed by atoms with E-state index in [4.69, 9.17) is 0 Å². The van der Waals surface area contributed by atoms with Gasteiger partial charge in [0.05, 0.1) is 4.92 Å². The highest BCUT2D eigenvalue weighted by atomic mass is 16.6. The average Bonchev–Trinajstić information content (AvgIpc) is 2.14. The van der Waals surface area contributed by atoms with Crippen LogP contribution in [0.4, 0.5) is 0 Å². The van der Waals surface area contributed by atoms with Gasteiger partial charge in [-0.05, 0) is 16.5 Å². The lowest BCUT2D eigenvalue weighted by molar-refractivity contribution is -0.400. The quantitative estimate of drug-likeness (QED) is 0.549. The Morgan fingerprint density at radius 1 is 1.33 bits per heavy atom. The van der Waals surface area contributed by atoms with E-state index in [1.54, 1.807) is 0 Å². The molecule has 0 amide bonds. The highest BCUT2D eigenvalue weighted by Gasteiger charge is 2.12. The molecule has 0 saturated carbocycles. The summed E-state index contributed by atoms with van der Waals surface area (Å²) in [4.78, 5) is 9.72. The summed E-state index contributed by atoms with van der Waals surface area (Å²) in [6.07, 6.45) is 2.47. The van der Waals surface area contributed by atoms with E-state index in [2.05, 4.69) is 20.8 Å². The van der Waals surface area contributed by atoms with Gasteiger partial charge in [-0.15, -0.1) is 0 Å². The molecule has 0 aliphatic rings.